The molecule has 0 aromatic rings. The molecule has 0 aliphatic rings. The number of amides is 7. The zero-order valence-corrected chi connectivity index (χ0v) is 44.5. The Morgan fingerprint density at radius 3 is 1.10 bits per heavy atom. The van der Waals surface area contributed by atoms with Crippen molar-refractivity contribution in [2.24, 2.45) is 35.0 Å². The molecule has 0 aromatic heterocycles. The molecular weight excluding hydrogens is 945 g/mol. The molecular formula is C42H84N12O9S4. The average molecular weight is 1030 g/mol. The monoisotopic (exact) mass is 1030 g/mol. The van der Waals surface area contributed by atoms with Gasteiger partial charge >= 0.3 is 22.6 Å². The molecule has 7 amide bonds. The molecule has 15 N–H and O–H groups in total. The summed E-state index contributed by atoms with van der Waals surface area (Å²) in [6.45, 7) is 21.6. The molecule has 67 heavy (non-hydrogen) atoms. The molecule has 0 bridgehead atoms. The van der Waals surface area contributed by atoms with E-state index in [0.717, 1.165) is 50.3 Å². The molecule has 0 fully saturated rings. The number of primary amides is 3. The van der Waals surface area contributed by atoms with Crippen LogP contribution in [0.4, 0.5) is 0 Å². The number of carbonyl (C=O) groups excluding carboxylic acids is 7. The molecule has 21 nitrogen and oxygen atoms in total. The second-order valence-electron chi connectivity index (χ2n) is 15.6. The van der Waals surface area contributed by atoms with Crippen LogP contribution in [0.3, 0.4) is 0 Å². The van der Waals surface area contributed by atoms with Crippen LogP contribution >= 0.6 is 0 Å². The summed E-state index contributed by atoms with van der Waals surface area (Å²) in [6, 6.07) is -0.943. The van der Waals surface area contributed by atoms with Crippen molar-refractivity contribution in [3.8, 4) is 0 Å². The zero-order chi connectivity index (χ0) is 52.8. The van der Waals surface area contributed by atoms with Gasteiger partial charge in [0.1, 0.15) is 6.42 Å². The van der Waals surface area contributed by atoms with E-state index in [9.17, 15) is 33.6 Å². The van der Waals surface area contributed by atoms with Crippen molar-refractivity contribution in [1.82, 2.24) is 47.9 Å². The van der Waals surface area contributed by atoms with Gasteiger partial charge in [0, 0.05) is 44.2 Å². The number of hydrogen-bond acceptors (Lipinski definition) is 14. The first-order valence-electron chi connectivity index (χ1n) is 22.0. The number of nitrogens with two attached hydrogens (primary N) is 3. The number of hydrogen-bond donors (Lipinski definition) is 12. The Morgan fingerprint density at radius 2 is 0.806 bits per heavy atom. The van der Waals surface area contributed by atoms with Crippen molar-refractivity contribution in [3.05, 3.63) is 13.3 Å². The molecule has 0 radical (unpaired) electrons. The van der Waals surface area contributed by atoms with Crippen LogP contribution in [-0.2, 0) is 84.2 Å². The molecule has 390 valence electrons. The predicted molar refractivity (Wildman–Crippen MR) is 273 cm³/mol. The summed E-state index contributed by atoms with van der Waals surface area (Å²) in [5, 5.41) is 25.9. The Labute approximate surface area is 414 Å². The van der Waals surface area contributed by atoms with Crippen molar-refractivity contribution in [3.63, 3.8) is 0 Å². The molecule has 0 saturated carbocycles. The summed E-state index contributed by atoms with van der Waals surface area (Å²) in [4.78, 5) is 79.5. The summed E-state index contributed by atoms with van der Waals surface area (Å²) in [5.74, 6) is 0.837. The topological polar surface area (TPSA) is 346 Å². The standard InChI is InChI=1S/C14H28N4O3S2.C13H28N4O2S2.C13H28N4O2.2CO/c1-10(4-5-11(16-2)14(15)21)9-18-13(20)8-12(19)17-6-7-23(3)22;1-10(4-5-11(15-2)13(14)19)8-17-12(18)9-16-6-7-21(3)20;1-4-7-16-9-12(18)17-8-10(2)5-6-11(15-3)13(14)19;2*1-2/h10-11,16H,4-9H2,1-3H3,(H2,15,21)(H,17,19)(H,18,20);10-11,15-16H,4-9H2,1-3H3,(H2,14,19)(H,17,18);10-11,15-16H,4-9H2,1-3H3,(H2,14,19)(H,17,18);;. The molecule has 8 unspecified atom stereocenters. The van der Waals surface area contributed by atoms with E-state index in [-0.39, 0.29) is 90.7 Å². The van der Waals surface area contributed by atoms with Gasteiger partial charge in [0.05, 0.1) is 31.2 Å². The van der Waals surface area contributed by atoms with Crippen molar-refractivity contribution in [2.75, 3.05) is 97.5 Å². The summed E-state index contributed by atoms with van der Waals surface area (Å²) in [5.41, 5.74) is 15.8. The molecule has 0 spiro atoms. The van der Waals surface area contributed by atoms with Gasteiger partial charge in [0.25, 0.3) is 0 Å². The number of likely N-dealkylation sites (N-methyl/N-ethyl adjacent to an activating group) is 3. The van der Waals surface area contributed by atoms with Gasteiger partial charge in [-0.2, -0.15) is 0 Å². The SMILES string of the molecule is CCCNCC(=O)NCC(C)CCC(NC)C(N)=O.CNC(CCC(C)CNC(=O)CC(=O)NCCS(C)=S)C(N)=O.CNC(CCC(C)CNC(=O)CNCCS(C)=S)C(N)=O.[C-]#[O+].[C-]#[O+]. The second kappa shape index (κ2) is 50.6. The molecule has 25 heteroatoms. The quantitative estimate of drug-likeness (QED) is 0.0132. The third-order valence-electron chi connectivity index (χ3n) is 9.46. The maximum atomic E-state index is 11.7. The fraction of sp³-hybridized carbons (Fsp3) is 0.786. The molecule has 0 aliphatic heterocycles. The van der Waals surface area contributed by atoms with Crippen molar-refractivity contribution >= 4 is 82.6 Å². The third kappa shape index (κ3) is 51.9. The van der Waals surface area contributed by atoms with Crippen molar-refractivity contribution in [1.29, 1.82) is 0 Å². The Kier molecular flexibility index (Phi) is 54.9. The summed E-state index contributed by atoms with van der Waals surface area (Å²) in [6.07, 6.45) is 9.17. The first kappa shape index (κ1) is 72.7. The van der Waals surface area contributed by atoms with Gasteiger partial charge in [-0.15, -0.1) is 18.9 Å². The van der Waals surface area contributed by atoms with Gasteiger partial charge in [0.2, 0.25) is 41.4 Å². The van der Waals surface area contributed by atoms with E-state index in [2.05, 4.69) is 68.1 Å². The van der Waals surface area contributed by atoms with Crippen molar-refractivity contribution < 1.29 is 42.9 Å². The second-order valence-corrected chi connectivity index (χ2v) is 22.1. The van der Waals surface area contributed by atoms with Crippen LogP contribution in [0.25, 0.3) is 0 Å². The fourth-order valence-electron chi connectivity index (χ4n) is 5.34. The van der Waals surface area contributed by atoms with Crippen LogP contribution in [0, 0.1) is 31.1 Å². The van der Waals surface area contributed by atoms with Crippen LogP contribution in [0.1, 0.15) is 79.1 Å². The van der Waals surface area contributed by atoms with E-state index in [1.165, 1.54) is 0 Å². The molecule has 8 atom stereocenters. The summed E-state index contributed by atoms with van der Waals surface area (Å²) in [7, 11) is 4.99. The minimum absolute atomic E-state index is 0.00810. The van der Waals surface area contributed by atoms with Gasteiger partial charge in [-0.1, -0.05) is 50.1 Å². The summed E-state index contributed by atoms with van der Waals surface area (Å²) < 4.78 is 15.0. The van der Waals surface area contributed by atoms with Crippen LogP contribution in [0.15, 0.2) is 0 Å². The van der Waals surface area contributed by atoms with Gasteiger partial charge in [-0.3, -0.25) is 33.6 Å². The van der Waals surface area contributed by atoms with E-state index in [1.54, 1.807) is 21.1 Å². The Hall–Kier alpha value is -3.29. The molecule has 0 rings (SSSR count). The van der Waals surface area contributed by atoms with Crippen LogP contribution in [0.2, 0.25) is 0 Å². The van der Waals surface area contributed by atoms with Gasteiger partial charge in [-0.05, 0) is 103 Å². The minimum atomic E-state index is -0.380. The van der Waals surface area contributed by atoms with Gasteiger partial charge in [0.15, 0.2) is 0 Å². The molecule has 0 aliphatic carbocycles. The maximum absolute atomic E-state index is 11.7. The number of rotatable bonds is 35. The molecule has 0 saturated heterocycles. The predicted octanol–water partition coefficient (Wildman–Crippen LogP) is -2.78. The van der Waals surface area contributed by atoms with E-state index in [1.807, 2.05) is 33.3 Å². The normalized spacial score (nSPS) is 13.7. The zero-order valence-electron chi connectivity index (χ0n) is 41.2. The van der Waals surface area contributed by atoms with E-state index < -0.39 is 0 Å². The summed E-state index contributed by atoms with van der Waals surface area (Å²) >= 11 is 10.1. The third-order valence-corrected chi connectivity index (χ3v) is 12.0. The van der Waals surface area contributed by atoms with E-state index in [4.69, 9.17) is 48.9 Å². The average Bonchev–Trinajstić information content (AvgIpc) is 3.27. The van der Waals surface area contributed by atoms with Gasteiger partial charge in [-0.25, -0.2) is 0 Å². The Bertz CT molecular complexity index is 1460. The van der Waals surface area contributed by atoms with Crippen molar-refractivity contribution in [2.45, 2.75) is 97.2 Å². The fourth-order valence-corrected chi connectivity index (χ4v) is 6.66. The van der Waals surface area contributed by atoms with E-state index >= 15 is 0 Å². The molecule has 0 aromatic carbocycles. The first-order valence-corrected chi connectivity index (χ1v) is 27.5. The molecule has 0 heterocycles. The number of nitrogens with one attached hydrogen (secondary N) is 9. The van der Waals surface area contributed by atoms with Gasteiger partial charge < -0.3 is 65.1 Å². The first-order chi connectivity index (χ1) is 31.6. The Balaban J connectivity index is -0.000000277. The van der Waals surface area contributed by atoms with Crippen LogP contribution in [0.5, 0.6) is 0 Å². The van der Waals surface area contributed by atoms with Crippen LogP contribution < -0.4 is 65.1 Å². The van der Waals surface area contributed by atoms with Crippen LogP contribution in [-0.4, -0.2) is 157 Å². The number of carbonyl (C=O) groups is 7. The van der Waals surface area contributed by atoms with E-state index in [0.29, 0.717) is 70.4 Å². The Morgan fingerprint density at radius 1 is 0.507 bits per heavy atom.